The Balaban J connectivity index is 2.20. The van der Waals surface area contributed by atoms with Gasteiger partial charge in [0.15, 0.2) is 0 Å². The fourth-order valence-electron chi connectivity index (χ4n) is 2.26. The van der Waals surface area contributed by atoms with Gasteiger partial charge in [0, 0.05) is 13.1 Å². The summed E-state index contributed by atoms with van der Waals surface area (Å²) < 4.78 is 13.7. The Labute approximate surface area is 101 Å². The number of hydrogen-bond acceptors (Lipinski definition) is 1. The van der Waals surface area contributed by atoms with E-state index in [1.165, 1.54) is 6.07 Å². The summed E-state index contributed by atoms with van der Waals surface area (Å²) in [6.45, 7) is 7.53. The highest BCUT2D eigenvalue weighted by Gasteiger charge is 2.30. The van der Waals surface area contributed by atoms with Crippen LogP contribution in [0.2, 0.25) is 0 Å². The van der Waals surface area contributed by atoms with Crippen LogP contribution in [0.4, 0.5) is 4.39 Å². The Morgan fingerprint density at radius 1 is 1.29 bits per heavy atom. The molecule has 0 radical (unpaired) electrons. The molecule has 1 aromatic carbocycles. The van der Waals surface area contributed by atoms with E-state index in [0.29, 0.717) is 11.8 Å². The third-order valence-electron chi connectivity index (χ3n) is 3.63. The van der Waals surface area contributed by atoms with Crippen molar-refractivity contribution in [1.82, 2.24) is 4.90 Å². The number of halogens is 1. The Hall–Kier alpha value is -1.38. The van der Waals surface area contributed by atoms with E-state index in [1.54, 1.807) is 17.0 Å². The highest BCUT2D eigenvalue weighted by atomic mass is 19.1. The lowest BCUT2D eigenvalue weighted by Crippen LogP contribution is -2.29. The molecular formula is C14H18FNO. The fourth-order valence-corrected chi connectivity index (χ4v) is 2.26. The SMILES string of the molecule is Cc1ccc(C(=O)N2CC(C)C(C)C2)c(F)c1. The van der Waals surface area contributed by atoms with Crippen LogP contribution in [-0.4, -0.2) is 23.9 Å². The molecule has 0 spiro atoms. The van der Waals surface area contributed by atoms with Gasteiger partial charge in [-0.15, -0.1) is 0 Å². The van der Waals surface area contributed by atoms with E-state index in [9.17, 15) is 9.18 Å². The molecule has 92 valence electrons. The molecule has 2 unspecified atom stereocenters. The molecule has 1 heterocycles. The van der Waals surface area contributed by atoms with E-state index in [-0.39, 0.29) is 11.5 Å². The first-order chi connectivity index (χ1) is 7.99. The minimum atomic E-state index is -0.415. The molecule has 2 atom stereocenters. The predicted molar refractivity (Wildman–Crippen MR) is 65.4 cm³/mol. The molecule has 0 N–H and O–H groups in total. The molecule has 0 bridgehead atoms. The van der Waals surface area contributed by atoms with Crippen molar-refractivity contribution in [2.24, 2.45) is 11.8 Å². The number of benzene rings is 1. The quantitative estimate of drug-likeness (QED) is 0.733. The van der Waals surface area contributed by atoms with Gasteiger partial charge in [-0.3, -0.25) is 4.79 Å². The maximum absolute atomic E-state index is 13.7. The van der Waals surface area contributed by atoms with Gasteiger partial charge in [0.05, 0.1) is 5.56 Å². The molecule has 3 heteroatoms. The van der Waals surface area contributed by atoms with Gasteiger partial charge in [-0.1, -0.05) is 19.9 Å². The fraction of sp³-hybridized carbons (Fsp3) is 0.500. The van der Waals surface area contributed by atoms with Crippen LogP contribution in [0.5, 0.6) is 0 Å². The van der Waals surface area contributed by atoms with E-state index in [4.69, 9.17) is 0 Å². The van der Waals surface area contributed by atoms with Crippen molar-refractivity contribution in [2.75, 3.05) is 13.1 Å². The largest absolute Gasteiger partial charge is 0.338 e. The van der Waals surface area contributed by atoms with Crippen LogP contribution in [-0.2, 0) is 0 Å². The van der Waals surface area contributed by atoms with Crippen molar-refractivity contribution in [1.29, 1.82) is 0 Å². The summed E-state index contributed by atoms with van der Waals surface area (Å²) in [5.41, 5.74) is 1.03. The zero-order valence-electron chi connectivity index (χ0n) is 10.5. The van der Waals surface area contributed by atoms with Gasteiger partial charge in [-0.25, -0.2) is 4.39 Å². The maximum Gasteiger partial charge on any atom is 0.256 e. The monoisotopic (exact) mass is 235 g/mol. The molecule has 1 aliphatic heterocycles. The Kier molecular flexibility index (Phi) is 3.18. The lowest BCUT2D eigenvalue weighted by Gasteiger charge is -2.16. The number of rotatable bonds is 1. The maximum atomic E-state index is 13.7. The first kappa shape index (κ1) is 12.1. The number of hydrogen-bond donors (Lipinski definition) is 0. The molecule has 0 aromatic heterocycles. The molecule has 0 aliphatic carbocycles. The summed E-state index contributed by atoms with van der Waals surface area (Å²) in [7, 11) is 0. The van der Waals surface area contributed by atoms with Crippen molar-refractivity contribution in [3.8, 4) is 0 Å². The molecule has 0 saturated carbocycles. The van der Waals surface area contributed by atoms with E-state index in [2.05, 4.69) is 13.8 Å². The van der Waals surface area contributed by atoms with E-state index in [1.807, 2.05) is 6.92 Å². The smallest absolute Gasteiger partial charge is 0.256 e. The van der Waals surface area contributed by atoms with E-state index < -0.39 is 5.82 Å². The molecular weight excluding hydrogens is 217 g/mol. The molecule has 1 aromatic rings. The second-order valence-corrected chi connectivity index (χ2v) is 5.15. The topological polar surface area (TPSA) is 20.3 Å². The Bertz CT molecular complexity index is 434. The zero-order chi connectivity index (χ0) is 12.6. The molecule has 1 aliphatic rings. The minimum Gasteiger partial charge on any atom is -0.338 e. The van der Waals surface area contributed by atoms with Crippen molar-refractivity contribution >= 4 is 5.91 Å². The zero-order valence-corrected chi connectivity index (χ0v) is 10.5. The number of nitrogens with zero attached hydrogens (tertiary/aromatic N) is 1. The van der Waals surface area contributed by atoms with Crippen LogP contribution in [0, 0.1) is 24.6 Å². The average molecular weight is 235 g/mol. The second kappa shape index (κ2) is 4.47. The van der Waals surface area contributed by atoms with Crippen LogP contribution >= 0.6 is 0 Å². The van der Waals surface area contributed by atoms with Crippen molar-refractivity contribution in [3.05, 3.63) is 35.1 Å². The molecule has 1 saturated heterocycles. The van der Waals surface area contributed by atoms with Crippen LogP contribution in [0.25, 0.3) is 0 Å². The second-order valence-electron chi connectivity index (χ2n) is 5.15. The summed E-state index contributed by atoms with van der Waals surface area (Å²) in [6.07, 6.45) is 0. The lowest BCUT2D eigenvalue weighted by atomic mass is 10.0. The molecule has 1 fully saturated rings. The van der Waals surface area contributed by atoms with Gasteiger partial charge in [0.1, 0.15) is 5.82 Å². The summed E-state index contributed by atoms with van der Waals surface area (Å²) in [5.74, 6) is 0.390. The summed E-state index contributed by atoms with van der Waals surface area (Å²) >= 11 is 0. The summed E-state index contributed by atoms with van der Waals surface area (Å²) in [4.78, 5) is 13.9. The van der Waals surface area contributed by atoms with Gasteiger partial charge in [0.2, 0.25) is 0 Å². The lowest BCUT2D eigenvalue weighted by molar-refractivity contribution is 0.0780. The van der Waals surface area contributed by atoms with Crippen molar-refractivity contribution in [3.63, 3.8) is 0 Å². The molecule has 17 heavy (non-hydrogen) atoms. The molecule has 1 amide bonds. The van der Waals surface area contributed by atoms with Crippen molar-refractivity contribution in [2.45, 2.75) is 20.8 Å². The van der Waals surface area contributed by atoms with Crippen LogP contribution in [0.15, 0.2) is 18.2 Å². The van der Waals surface area contributed by atoms with E-state index >= 15 is 0 Å². The van der Waals surface area contributed by atoms with Crippen LogP contribution in [0.3, 0.4) is 0 Å². The number of amides is 1. The number of likely N-dealkylation sites (tertiary alicyclic amines) is 1. The summed E-state index contributed by atoms with van der Waals surface area (Å²) in [6, 6.07) is 4.77. The van der Waals surface area contributed by atoms with Gasteiger partial charge >= 0.3 is 0 Å². The highest BCUT2D eigenvalue weighted by Crippen LogP contribution is 2.24. The van der Waals surface area contributed by atoms with Crippen LogP contribution in [0.1, 0.15) is 29.8 Å². The third-order valence-corrected chi connectivity index (χ3v) is 3.63. The Morgan fingerprint density at radius 2 is 1.88 bits per heavy atom. The molecule has 2 nitrogen and oxygen atoms in total. The number of carbonyl (C=O) groups is 1. The van der Waals surface area contributed by atoms with E-state index in [0.717, 1.165) is 18.7 Å². The minimum absolute atomic E-state index is 0.182. The summed E-state index contributed by atoms with van der Waals surface area (Å²) in [5, 5.41) is 0. The number of aryl methyl sites for hydroxylation is 1. The predicted octanol–water partition coefficient (Wildman–Crippen LogP) is 2.86. The first-order valence-electron chi connectivity index (χ1n) is 6.04. The van der Waals surface area contributed by atoms with Crippen molar-refractivity contribution < 1.29 is 9.18 Å². The molecule has 2 rings (SSSR count). The first-order valence-corrected chi connectivity index (χ1v) is 6.04. The van der Waals surface area contributed by atoms with Crippen LogP contribution < -0.4 is 0 Å². The van der Waals surface area contributed by atoms with Gasteiger partial charge in [0.25, 0.3) is 5.91 Å². The van der Waals surface area contributed by atoms with Gasteiger partial charge in [-0.05, 0) is 36.5 Å². The normalized spacial score (nSPS) is 24.1. The number of carbonyl (C=O) groups excluding carboxylic acids is 1. The standard InChI is InChI=1S/C14H18FNO/c1-9-4-5-12(13(15)6-9)14(17)16-7-10(2)11(3)8-16/h4-6,10-11H,7-8H2,1-3H3. The van der Waals surface area contributed by atoms with Gasteiger partial charge < -0.3 is 4.90 Å². The average Bonchev–Trinajstić information content (AvgIpc) is 2.58. The van der Waals surface area contributed by atoms with Gasteiger partial charge in [-0.2, -0.15) is 0 Å². The highest BCUT2D eigenvalue weighted by molar-refractivity contribution is 5.94. The Morgan fingerprint density at radius 3 is 2.41 bits per heavy atom. The third kappa shape index (κ3) is 2.33.